The van der Waals surface area contributed by atoms with Crippen LogP contribution in [0, 0.1) is 5.92 Å². The highest BCUT2D eigenvalue weighted by Crippen LogP contribution is 2.35. The Bertz CT molecular complexity index is 442. The van der Waals surface area contributed by atoms with E-state index in [0.29, 0.717) is 4.75 Å². The lowest BCUT2D eigenvalue weighted by Gasteiger charge is -2.37. The van der Waals surface area contributed by atoms with Gasteiger partial charge in [-0.25, -0.2) is 0 Å². The molecule has 0 amide bonds. The zero-order valence-corrected chi connectivity index (χ0v) is 17.7. The maximum absolute atomic E-state index is 5.60. The number of aliphatic imine (C=N–C) groups is 1. The molecule has 0 aliphatic carbocycles. The fourth-order valence-corrected chi connectivity index (χ4v) is 5.92. The van der Waals surface area contributed by atoms with Crippen molar-refractivity contribution >= 4 is 17.7 Å². The molecule has 0 radical (unpaired) electrons. The Morgan fingerprint density at radius 3 is 2.65 bits per heavy atom. The summed E-state index contributed by atoms with van der Waals surface area (Å²) in [6.07, 6.45) is 7.80. The van der Waals surface area contributed by atoms with Crippen LogP contribution >= 0.6 is 11.8 Å². The lowest BCUT2D eigenvalue weighted by atomic mass is 9.99. The first-order chi connectivity index (χ1) is 12.7. The van der Waals surface area contributed by atoms with E-state index in [1.807, 2.05) is 7.05 Å². The molecule has 6 heteroatoms. The standard InChI is InChI=1S/C20H38N4OS/c1-3-26-20(8-13-25-14-9-20)17-22-19(21-2)24-12-7-18(16-24)15-23-10-5-4-6-11-23/h18H,3-17H2,1-2H3,(H,21,22). The zero-order valence-electron chi connectivity index (χ0n) is 16.8. The molecule has 0 spiro atoms. The number of thioether (sulfide) groups is 1. The Labute approximate surface area is 164 Å². The SMILES string of the molecule is CCSC1(CNC(=NC)N2CCC(CN3CCCCC3)C2)CCOCC1. The summed E-state index contributed by atoms with van der Waals surface area (Å²) in [6.45, 7) is 11.3. The summed E-state index contributed by atoms with van der Waals surface area (Å²) in [5, 5.41) is 3.72. The van der Waals surface area contributed by atoms with Gasteiger partial charge in [-0.1, -0.05) is 13.3 Å². The van der Waals surface area contributed by atoms with Gasteiger partial charge in [0.05, 0.1) is 0 Å². The maximum Gasteiger partial charge on any atom is 0.193 e. The summed E-state index contributed by atoms with van der Waals surface area (Å²) in [6, 6.07) is 0. The van der Waals surface area contributed by atoms with Gasteiger partial charge in [-0.2, -0.15) is 11.8 Å². The van der Waals surface area contributed by atoms with E-state index in [4.69, 9.17) is 4.74 Å². The van der Waals surface area contributed by atoms with Gasteiger partial charge in [-0.15, -0.1) is 0 Å². The van der Waals surface area contributed by atoms with Crippen molar-refractivity contribution in [3.63, 3.8) is 0 Å². The predicted octanol–water partition coefficient (Wildman–Crippen LogP) is 2.67. The highest BCUT2D eigenvalue weighted by atomic mass is 32.2. The van der Waals surface area contributed by atoms with Crippen molar-refractivity contribution < 1.29 is 4.74 Å². The molecule has 0 bridgehead atoms. The third kappa shape index (κ3) is 5.52. The summed E-state index contributed by atoms with van der Waals surface area (Å²) < 4.78 is 5.92. The molecular weight excluding hydrogens is 344 g/mol. The van der Waals surface area contributed by atoms with Crippen LogP contribution in [0.3, 0.4) is 0 Å². The average Bonchev–Trinajstić information content (AvgIpc) is 3.12. The van der Waals surface area contributed by atoms with Crippen LogP contribution in [0.25, 0.3) is 0 Å². The van der Waals surface area contributed by atoms with E-state index in [1.54, 1.807) is 0 Å². The predicted molar refractivity (Wildman–Crippen MR) is 112 cm³/mol. The summed E-state index contributed by atoms with van der Waals surface area (Å²) in [5.41, 5.74) is 0. The monoisotopic (exact) mass is 382 g/mol. The second-order valence-corrected chi connectivity index (χ2v) is 9.82. The van der Waals surface area contributed by atoms with Crippen molar-refractivity contribution in [2.24, 2.45) is 10.9 Å². The topological polar surface area (TPSA) is 40.1 Å². The largest absolute Gasteiger partial charge is 0.381 e. The quantitative estimate of drug-likeness (QED) is 0.565. The zero-order chi connectivity index (χ0) is 18.2. The van der Waals surface area contributed by atoms with Gasteiger partial charge in [-0.05, 0) is 56.9 Å². The highest BCUT2D eigenvalue weighted by Gasteiger charge is 2.34. The van der Waals surface area contributed by atoms with Crippen LogP contribution in [0.4, 0.5) is 0 Å². The minimum Gasteiger partial charge on any atom is -0.381 e. The number of hydrogen-bond acceptors (Lipinski definition) is 4. The number of hydrogen-bond donors (Lipinski definition) is 1. The molecule has 5 nitrogen and oxygen atoms in total. The van der Waals surface area contributed by atoms with Crippen LogP contribution in [0.1, 0.15) is 45.4 Å². The molecule has 1 unspecified atom stereocenters. The first-order valence-electron chi connectivity index (χ1n) is 10.6. The molecule has 0 saturated carbocycles. The van der Waals surface area contributed by atoms with E-state index in [1.165, 1.54) is 51.1 Å². The number of guanidine groups is 1. The second-order valence-electron chi connectivity index (χ2n) is 8.09. The van der Waals surface area contributed by atoms with Crippen LogP contribution in [0.5, 0.6) is 0 Å². The molecule has 3 fully saturated rings. The molecule has 3 aliphatic heterocycles. The van der Waals surface area contributed by atoms with E-state index < -0.39 is 0 Å². The molecule has 3 rings (SSSR count). The van der Waals surface area contributed by atoms with E-state index in [-0.39, 0.29) is 0 Å². The fraction of sp³-hybridized carbons (Fsp3) is 0.950. The summed E-state index contributed by atoms with van der Waals surface area (Å²) in [4.78, 5) is 9.77. The lowest BCUT2D eigenvalue weighted by Crippen LogP contribution is -2.49. The number of ether oxygens (including phenoxy) is 1. The Morgan fingerprint density at radius 1 is 1.19 bits per heavy atom. The highest BCUT2D eigenvalue weighted by molar-refractivity contribution is 8.00. The van der Waals surface area contributed by atoms with Gasteiger partial charge in [-0.3, -0.25) is 4.99 Å². The third-order valence-corrected chi connectivity index (χ3v) is 7.64. The van der Waals surface area contributed by atoms with Crippen molar-refractivity contribution in [2.75, 3.05) is 65.3 Å². The van der Waals surface area contributed by atoms with Crippen LogP contribution in [0.2, 0.25) is 0 Å². The fourth-order valence-electron chi connectivity index (χ4n) is 4.68. The Morgan fingerprint density at radius 2 is 1.96 bits per heavy atom. The Kier molecular flexibility index (Phi) is 7.94. The van der Waals surface area contributed by atoms with Gasteiger partial charge < -0.3 is 19.9 Å². The molecule has 3 heterocycles. The smallest absolute Gasteiger partial charge is 0.193 e. The molecule has 0 aromatic rings. The minimum absolute atomic E-state index is 0.315. The number of rotatable bonds is 6. The Hall–Kier alpha value is -0.460. The molecule has 26 heavy (non-hydrogen) atoms. The first kappa shape index (κ1) is 20.3. The second kappa shape index (κ2) is 10.2. The number of likely N-dealkylation sites (tertiary alicyclic amines) is 2. The summed E-state index contributed by atoms with van der Waals surface area (Å²) >= 11 is 2.10. The normalized spacial score (nSPS) is 27.7. The van der Waals surface area contributed by atoms with Crippen LogP contribution in [-0.2, 0) is 4.74 Å². The number of piperidine rings is 1. The molecule has 0 aromatic heterocycles. The van der Waals surface area contributed by atoms with Gasteiger partial charge in [0.1, 0.15) is 0 Å². The third-order valence-electron chi connectivity index (χ3n) is 6.19. The van der Waals surface area contributed by atoms with E-state index in [2.05, 4.69) is 38.8 Å². The molecule has 3 aliphatic rings. The van der Waals surface area contributed by atoms with Crippen molar-refractivity contribution in [1.82, 2.24) is 15.1 Å². The van der Waals surface area contributed by atoms with Gasteiger partial charge in [0.2, 0.25) is 0 Å². The van der Waals surface area contributed by atoms with Crippen LogP contribution in [-0.4, -0.2) is 85.8 Å². The van der Waals surface area contributed by atoms with Gasteiger partial charge >= 0.3 is 0 Å². The molecule has 1 N–H and O–H groups in total. The van der Waals surface area contributed by atoms with Crippen LogP contribution in [0.15, 0.2) is 4.99 Å². The molecular formula is C20H38N4OS. The van der Waals surface area contributed by atoms with Crippen molar-refractivity contribution in [1.29, 1.82) is 0 Å². The Balaban J connectivity index is 1.47. The van der Waals surface area contributed by atoms with E-state index in [9.17, 15) is 0 Å². The van der Waals surface area contributed by atoms with Crippen LogP contribution < -0.4 is 5.32 Å². The van der Waals surface area contributed by atoms with Gasteiger partial charge in [0, 0.05) is 51.2 Å². The molecule has 0 aromatic carbocycles. The molecule has 3 saturated heterocycles. The van der Waals surface area contributed by atoms with Crippen molar-refractivity contribution in [3.8, 4) is 0 Å². The van der Waals surface area contributed by atoms with Gasteiger partial charge in [0.25, 0.3) is 0 Å². The van der Waals surface area contributed by atoms with Crippen molar-refractivity contribution in [3.05, 3.63) is 0 Å². The van der Waals surface area contributed by atoms with E-state index >= 15 is 0 Å². The molecule has 1 atom stereocenters. The first-order valence-corrected chi connectivity index (χ1v) is 11.6. The van der Waals surface area contributed by atoms with Gasteiger partial charge in [0.15, 0.2) is 5.96 Å². The van der Waals surface area contributed by atoms with Crippen molar-refractivity contribution in [2.45, 2.75) is 50.2 Å². The summed E-state index contributed by atoms with van der Waals surface area (Å²) in [7, 11) is 1.93. The summed E-state index contributed by atoms with van der Waals surface area (Å²) in [5.74, 6) is 3.07. The number of nitrogens with one attached hydrogen (secondary N) is 1. The molecule has 150 valence electrons. The average molecular weight is 383 g/mol. The maximum atomic E-state index is 5.60. The minimum atomic E-state index is 0.315. The lowest BCUT2D eigenvalue weighted by molar-refractivity contribution is 0.0780. The van der Waals surface area contributed by atoms with E-state index in [0.717, 1.165) is 57.6 Å². The number of nitrogens with zero attached hydrogens (tertiary/aromatic N) is 3.